The molecule has 1 rings (SSSR count). The first-order valence-corrected chi connectivity index (χ1v) is 7.62. The van der Waals surface area contributed by atoms with Crippen LogP contribution >= 0.6 is 24.0 Å². The molecule has 0 N–H and O–H groups in total. The average Bonchev–Trinajstić information content (AvgIpc) is 2.35. The summed E-state index contributed by atoms with van der Waals surface area (Å²) >= 11 is 6.82. The van der Waals surface area contributed by atoms with Crippen molar-refractivity contribution in [2.45, 2.75) is 39.0 Å². The van der Waals surface area contributed by atoms with Crippen LogP contribution in [-0.4, -0.2) is 10.1 Å². The van der Waals surface area contributed by atoms with Crippen molar-refractivity contribution in [2.24, 2.45) is 0 Å². The average molecular weight is 268 g/mol. The summed E-state index contributed by atoms with van der Waals surface area (Å²) in [6, 6.07) is 9.72. The zero-order valence-electron chi connectivity index (χ0n) is 10.4. The third kappa shape index (κ3) is 7.40. The van der Waals surface area contributed by atoms with Gasteiger partial charge in [0.1, 0.15) is 5.75 Å². The van der Waals surface area contributed by atoms with Gasteiger partial charge in [-0.3, -0.25) is 0 Å². The lowest BCUT2D eigenvalue weighted by Gasteiger charge is -2.05. The van der Waals surface area contributed by atoms with Gasteiger partial charge in [-0.05, 0) is 30.8 Å². The number of unbranched alkanes of at least 4 members (excludes halogenated alkanes) is 4. The highest BCUT2D eigenvalue weighted by atomic mass is 32.2. The minimum atomic E-state index is 0.631. The molecule has 0 spiro atoms. The number of hydrogen-bond acceptors (Lipinski definition) is 3. The lowest BCUT2D eigenvalue weighted by molar-refractivity contribution is 0.579. The molecule has 0 aliphatic rings. The maximum absolute atomic E-state index is 5.54. The Bertz CT molecular complexity index is 311. The van der Waals surface area contributed by atoms with Gasteiger partial charge >= 0.3 is 0 Å². The quantitative estimate of drug-likeness (QED) is 0.505. The first-order valence-electron chi connectivity index (χ1n) is 6.22. The van der Waals surface area contributed by atoms with Gasteiger partial charge in [-0.2, -0.15) is 0 Å². The van der Waals surface area contributed by atoms with Crippen LogP contribution in [0.4, 0.5) is 0 Å². The Morgan fingerprint density at radius 1 is 1.12 bits per heavy atom. The highest BCUT2D eigenvalue weighted by Gasteiger charge is 2.00. The molecule has 0 amide bonds. The van der Waals surface area contributed by atoms with Crippen molar-refractivity contribution in [1.82, 2.24) is 0 Å². The molecule has 0 heterocycles. The summed E-state index contributed by atoms with van der Waals surface area (Å²) in [5.74, 6) is 1.89. The molecule has 0 aliphatic carbocycles. The van der Waals surface area contributed by atoms with Crippen LogP contribution in [0.5, 0.6) is 5.75 Å². The highest BCUT2D eigenvalue weighted by molar-refractivity contribution is 8.22. The van der Waals surface area contributed by atoms with Gasteiger partial charge in [-0.25, -0.2) is 0 Å². The summed E-state index contributed by atoms with van der Waals surface area (Å²) < 4.78 is 6.17. The normalized spacial score (nSPS) is 10.2. The van der Waals surface area contributed by atoms with Crippen molar-refractivity contribution in [3.63, 3.8) is 0 Å². The van der Waals surface area contributed by atoms with Crippen LogP contribution in [-0.2, 0) is 0 Å². The molecule has 0 aliphatic heterocycles. The maximum Gasteiger partial charge on any atom is 0.225 e. The molecule has 1 aromatic carbocycles. The van der Waals surface area contributed by atoms with Crippen LogP contribution in [0.2, 0.25) is 0 Å². The van der Waals surface area contributed by atoms with E-state index in [9.17, 15) is 0 Å². The number of ether oxygens (including phenoxy) is 1. The summed E-state index contributed by atoms with van der Waals surface area (Å²) in [7, 11) is 0. The van der Waals surface area contributed by atoms with Crippen molar-refractivity contribution in [2.75, 3.05) is 5.75 Å². The number of hydrogen-bond donors (Lipinski definition) is 0. The van der Waals surface area contributed by atoms with E-state index in [1.807, 2.05) is 30.3 Å². The molecule has 0 bridgehead atoms. The van der Waals surface area contributed by atoms with E-state index < -0.39 is 0 Å². The Hall–Kier alpha value is -0.540. The SMILES string of the molecule is CCCCCCCSC(=S)Oc1ccccc1. The Balaban J connectivity index is 2.06. The van der Waals surface area contributed by atoms with Gasteiger partial charge in [-0.15, -0.1) is 0 Å². The molecule has 0 unspecified atom stereocenters. The van der Waals surface area contributed by atoms with E-state index >= 15 is 0 Å². The molecule has 0 radical (unpaired) electrons. The smallest absolute Gasteiger partial charge is 0.225 e. The summed E-state index contributed by atoms with van der Waals surface area (Å²) in [5.41, 5.74) is 0. The minimum Gasteiger partial charge on any atom is -0.440 e. The van der Waals surface area contributed by atoms with Crippen molar-refractivity contribution in [3.8, 4) is 5.75 Å². The lowest BCUT2D eigenvalue weighted by Crippen LogP contribution is -2.01. The zero-order chi connectivity index (χ0) is 12.3. The number of rotatable bonds is 7. The fourth-order valence-electron chi connectivity index (χ4n) is 1.48. The molecule has 1 nitrogen and oxygen atoms in total. The van der Waals surface area contributed by atoms with Crippen molar-refractivity contribution >= 4 is 28.4 Å². The van der Waals surface area contributed by atoms with Crippen LogP contribution in [0.15, 0.2) is 30.3 Å². The van der Waals surface area contributed by atoms with Crippen LogP contribution in [0.1, 0.15) is 39.0 Å². The summed E-state index contributed by atoms with van der Waals surface area (Å²) in [5, 5.41) is 0. The van der Waals surface area contributed by atoms with E-state index in [4.69, 9.17) is 17.0 Å². The van der Waals surface area contributed by atoms with Crippen LogP contribution in [0.3, 0.4) is 0 Å². The molecular formula is C14H20OS2. The molecule has 17 heavy (non-hydrogen) atoms. The monoisotopic (exact) mass is 268 g/mol. The van der Waals surface area contributed by atoms with E-state index in [1.165, 1.54) is 32.1 Å². The number of thiocarbonyl (C=S) groups is 1. The summed E-state index contributed by atoms with van der Waals surface area (Å²) in [6.07, 6.45) is 6.50. The predicted octanol–water partition coefficient (Wildman–Crippen LogP) is 5.05. The fourth-order valence-corrected chi connectivity index (χ4v) is 2.49. The van der Waals surface area contributed by atoms with E-state index in [0.29, 0.717) is 4.38 Å². The Morgan fingerprint density at radius 3 is 2.53 bits per heavy atom. The second kappa shape index (κ2) is 9.49. The van der Waals surface area contributed by atoms with Gasteiger partial charge in [0.25, 0.3) is 0 Å². The first kappa shape index (κ1) is 14.5. The third-order valence-corrected chi connectivity index (χ3v) is 3.66. The third-order valence-electron chi connectivity index (χ3n) is 2.41. The van der Waals surface area contributed by atoms with Gasteiger partial charge in [0.15, 0.2) is 0 Å². The van der Waals surface area contributed by atoms with Crippen molar-refractivity contribution < 1.29 is 4.74 Å². The van der Waals surface area contributed by atoms with Gasteiger partial charge in [-0.1, -0.05) is 62.6 Å². The predicted molar refractivity (Wildman–Crippen MR) is 80.9 cm³/mol. The van der Waals surface area contributed by atoms with Crippen molar-refractivity contribution in [1.29, 1.82) is 0 Å². The highest BCUT2D eigenvalue weighted by Crippen LogP contribution is 2.16. The number of benzene rings is 1. The topological polar surface area (TPSA) is 9.23 Å². The molecule has 1 aromatic rings. The Kier molecular flexibility index (Phi) is 8.10. The van der Waals surface area contributed by atoms with E-state index in [1.54, 1.807) is 11.8 Å². The van der Waals surface area contributed by atoms with Crippen LogP contribution in [0.25, 0.3) is 0 Å². The van der Waals surface area contributed by atoms with Crippen LogP contribution in [0, 0.1) is 0 Å². The molecular weight excluding hydrogens is 248 g/mol. The largest absolute Gasteiger partial charge is 0.440 e. The van der Waals surface area contributed by atoms with Gasteiger partial charge in [0.05, 0.1) is 0 Å². The van der Waals surface area contributed by atoms with E-state index in [0.717, 1.165) is 11.5 Å². The molecule has 0 aromatic heterocycles. The molecule has 3 heteroatoms. The Morgan fingerprint density at radius 2 is 1.82 bits per heavy atom. The Labute approximate surface area is 114 Å². The number of para-hydroxylation sites is 1. The minimum absolute atomic E-state index is 0.631. The molecule has 0 atom stereocenters. The van der Waals surface area contributed by atoms with E-state index in [2.05, 4.69) is 6.92 Å². The number of thioether (sulfide) groups is 1. The molecule has 0 fully saturated rings. The summed E-state index contributed by atoms with van der Waals surface area (Å²) in [6.45, 7) is 2.23. The molecule has 0 saturated heterocycles. The zero-order valence-corrected chi connectivity index (χ0v) is 12.0. The fraction of sp³-hybridized carbons (Fsp3) is 0.500. The van der Waals surface area contributed by atoms with Crippen molar-refractivity contribution in [3.05, 3.63) is 30.3 Å². The van der Waals surface area contributed by atoms with Gasteiger partial charge in [0.2, 0.25) is 4.38 Å². The van der Waals surface area contributed by atoms with Gasteiger partial charge < -0.3 is 4.74 Å². The maximum atomic E-state index is 5.54. The second-order valence-electron chi connectivity index (χ2n) is 3.93. The van der Waals surface area contributed by atoms with Gasteiger partial charge in [0, 0.05) is 5.75 Å². The molecule has 0 saturated carbocycles. The second-order valence-corrected chi connectivity index (χ2v) is 5.62. The standard InChI is InChI=1S/C14H20OS2/c1-2-3-4-5-9-12-17-14(16)15-13-10-7-6-8-11-13/h6-8,10-11H,2-5,9,12H2,1H3. The lowest BCUT2D eigenvalue weighted by atomic mass is 10.2. The summed E-state index contributed by atoms with van der Waals surface area (Å²) in [4.78, 5) is 0. The first-order chi connectivity index (χ1) is 8.33. The van der Waals surface area contributed by atoms with E-state index in [-0.39, 0.29) is 0 Å². The molecule has 94 valence electrons. The van der Waals surface area contributed by atoms with Crippen LogP contribution < -0.4 is 4.74 Å².